The number of aryl methyl sites for hydroxylation is 1. The summed E-state index contributed by atoms with van der Waals surface area (Å²) in [5.74, 6) is 0. The Hall–Kier alpha value is -1.01. The van der Waals surface area contributed by atoms with Crippen LogP contribution in [0.4, 0.5) is 5.69 Å². The van der Waals surface area contributed by atoms with Gasteiger partial charge in [-0.3, -0.25) is 10.1 Å². The predicted molar refractivity (Wildman–Crippen MR) is 68.5 cm³/mol. The number of pyridine rings is 1. The fourth-order valence-corrected chi connectivity index (χ4v) is 2.58. The molecule has 0 bridgehead atoms. The molecule has 0 atom stereocenters. The van der Waals surface area contributed by atoms with E-state index in [0.717, 1.165) is 5.56 Å². The van der Waals surface area contributed by atoms with Crippen LogP contribution in [0.2, 0.25) is 0 Å². The molecule has 1 aromatic heterocycles. The summed E-state index contributed by atoms with van der Waals surface area (Å²) in [4.78, 5) is 14.8. The molecule has 0 aliphatic rings. The van der Waals surface area contributed by atoms with Gasteiger partial charge in [-0.05, 0) is 62.5 Å². The lowest BCUT2D eigenvalue weighted by molar-refractivity contribution is -0.383. The first-order chi connectivity index (χ1) is 7.50. The molecule has 0 saturated carbocycles. The maximum atomic E-state index is 11.0. The Morgan fingerprint density at radius 2 is 2.06 bits per heavy atom. The summed E-state index contributed by atoms with van der Waals surface area (Å²) in [6, 6.07) is 5.10. The Morgan fingerprint density at radius 1 is 1.38 bits per heavy atom. The molecule has 6 heteroatoms. The number of nitro benzene ring substituents is 1. The topological polar surface area (TPSA) is 56.0 Å². The SMILES string of the molecule is Cc1cc(Br)c([N+](=O)[O-])c2ccc(Br)nc12. The summed E-state index contributed by atoms with van der Waals surface area (Å²) in [6.07, 6.45) is 0. The fraction of sp³-hybridized carbons (Fsp3) is 0.100. The van der Waals surface area contributed by atoms with Crippen LogP contribution in [0, 0.1) is 17.0 Å². The van der Waals surface area contributed by atoms with Gasteiger partial charge in [0.1, 0.15) is 4.60 Å². The van der Waals surface area contributed by atoms with Gasteiger partial charge in [-0.15, -0.1) is 0 Å². The zero-order valence-electron chi connectivity index (χ0n) is 8.20. The van der Waals surface area contributed by atoms with Crippen molar-refractivity contribution in [3.63, 3.8) is 0 Å². The van der Waals surface area contributed by atoms with Crippen molar-refractivity contribution in [1.29, 1.82) is 0 Å². The van der Waals surface area contributed by atoms with E-state index in [1.54, 1.807) is 18.2 Å². The molecular weight excluding hydrogens is 340 g/mol. The van der Waals surface area contributed by atoms with E-state index in [1.165, 1.54) is 0 Å². The van der Waals surface area contributed by atoms with Crippen molar-refractivity contribution in [3.05, 3.63) is 43.0 Å². The first kappa shape index (κ1) is 11.5. The van der Waals surface area contributed by atoms with E-state index in [1.807, 2.05) is 6.92 Å². The second-order valence-corrected chi connectivity index (χ2v) is 4.98. The number of aromatic nitrogens is 1. The maximum absolute atomic E-state index is 11.0. The predicted octanol–water partition coefficient (Wildman–Crippen LogP) is 3.98. The van der Waals surface area contributed by atoms with Crippen molar-refractivity contribution < 1.29 is 4.92 Å². The zero-order valence-corrected chi connectivity index (χ0v) is 11.4. The molecule has 0 spiro atoms. The van der Waals surface area contributed by atoms with Crippen molar-refractivity contribution in [2.75, 3.05) is 0 Å². The van der Waals surface area contributed by atoms with E-state index >= 15 is 0 Å². The van der Waals surface area contributed by atoms with Gasteiger partial charge in [0.15, 0.2) is 0 Å². The van der Waals surface area contributed by atoms with Gasteiger partial charge >= 0.3 is 0 Å². The van der Waals surface area contributed by atoms with Crippen molar-refractivity contribution in [3.8, 4) is 0 Å². The van der Waals surface area contributed by atoms with E-state index in [4.69, 9.17) is 0 Å². The summed E-state index contributed by atoms with van der Waals surface area (Å²) < 4.78 is 1.14. The molecule has 16 heavy (non-hydrogen) atoms. The Balaban J connectivity index is 2.95. The molecule has 0 unspecified atom stereocenters. The number of fused-ring (bicyclic) bond motifs is 1. The number of rotatable bonds is 1. The van der Waals surface area contributed by atoms with Gasteiger partial charge in [-0.2, -0.15) is 0 Å². The summed E-state index contributed by atoms with van der Waals surface area (Å²) in [5, 5.41) is 11.5. The summed E-state index contributed by atoms with van der Waals surface area (Å²) >= 11 is 6.46. The fourth-order valence-electron chi connectivity index (χ4n) is 1.57. The molecule has 4 nitrogen and oxygen atoms in total. The van der Waals surface area contributed by atoms with E-state index in [2.05, 4.69) is 36.8 Å². The van der Waals surface area contributed by atoms with Crippen molar-refractivity contribution >= 4 is 48.5 Å². The molecule has 0 N–H and O–H groups in total. The van der Waals surface area contributed by atoms with E-state index in [-0.39, 0.29) is 5.69 Å². The number of benzene rings is 1. The van der Waals surface area contributed by atoms with Crippen LogP contribution in [-0.4, -0.2) is 9.91 Å². The van der Waals surface area contributed by atoms with Gasteiger partial charge in [0.05, 0.1) is 20.3 Å². The second-order valence-electron chi connectivity index (χ2n) is 3.31. The quantitative estimate of drug-likeness (QED) is 0.446. The van der Waals surface area contributed by atoms with E-state index < -0.39 is 4.92 Å². The van der Waals surface area contributed by atoms with Gasteiger partial charge in [-0.1, -0.05) is 0 Å². The second kappa shape index (κ2) is 4.10. The van der Waals surface area contributed by atoms with Gasteiger partial charge in [0, 0.05) is 0 Å². The molecule has 0 aliphatic carbocycles. The lowest BCUT2D eigenvalue weighted by atomic mass is 10.1. The maximum Gasteiger partial charge on any atom is 0.292 e. The largest absolute Gasteiger partial charge is 0.292 e. The summed E-state index contributed by atoms with van der Waals surface area (Å²) in [5.41, 5.74) is 1.60. The molecule has 0 radical (unpaired) electrons. The van der Waals surface area contributed by atoms with Crippen LogP contribution in [0.1, 0.15) is 5.56 Å². The Bertz CT molecular complexity index is 599. The molecule has 0 fully saturated rings. The highest BCUT2D eigenvalue weighted by Crippen LogP contribution is 2.35. The van der Waals surface area contributed by atoms with Crippen LogP contribution in [0.5, 0.6) is 0 Å². The number of nitrogens with zero attached hydrogens (tertiary/aromatic N) is 2. The molecule has 0 saturated heterocycles. The number of hydrogen-bond donors (Lipinski definition) is 0. The molecule has 2 rings (SSSR count). The standard InChI is InChI=1S/C10H6Br2N2O2/c1-5-4-7(11)10(14(15)16)6-2-3-8(12)13-9(5)6/h2-4H,1H3. The third-order valence-corrected chi connectivity index (χ3v) is 3.29. The van der Waals surface area contributed by atoms with Gasteiger partial charge in [0.25, 0.3) is 5.69 Å². The third-order valence-electron chi connectivity index (χ3n) is 2.24. The van der Waals surface area contributed by atoms with Gasteiger partial charge < -0.3 is 0 Å². The van der Waals surface area contributed by atoms with Gasteiger partial charge in [0.2, 0.25) is 0 Å². The first-order valence-corrected chi connectivity index (χ1v) is 5.99. The van der Waals surface area contributed by atoms with Crippen LogP contribution in [-0.2, 0) is 0 Å². The lowest BCUT2D eigenvalue weighted by Gasteiger charge is -2.04. The normalized spacial score (nSPS) is 10.7. The average molecular weight is 346 g/mol. The number of nitro groups is 1. The monoisotopic (exact) mass is 344 g/mol. The van der Waals surface area contributed by atoms with Crippen molar-refractivity contribution in [2.24, 2.45) is 0 Å². The summed E-state index contributed by atoms with van der Waals surface area (Å²) in [7, 11) is 0. The average Bonchev–Trinajstić information content (AvgIpc) is 2.18. The van der Waals surface area contributed by atoms with E-state index in [0.29, 0.717) is 20.0 Å². The molecule has 1 aromatic carbocycles. The molecule has 2 aromatic rings. The molecule has 0 aliphatic heterocycles. The molecule has 0 amide bonds. The van der Waals surface area contributed by atoms with Crippen LogP contribution >= 0.6 is 31.9 Å². The molecule has 1 heterocycles. The minimum Gasteiger partial charge on any atom is -0.258 e. The number of halogens is 2. The van der Waals surface area contributed by atoms with Crippen molar-refractivity contribution in [2.45, 2.75) is 6.92 Å². The van der Waals surface area contributed by atoms with E-state index in [9.17, 15) is 10.1 Å². The van der Waals surface area contributed by atoms with Crippen LogP contribution in [0.25, 0.3) is 10.9 Å². The van der Waals surface area contributed by atoms with Crippen LogP contribution in [0.3, 0.4) is 0 Å². The van der Waals surface area contributed by atoms with Crippen molar-refractivity contribution in [1.82, 2.24) is 4.98 Å². The Labute approximate surface area is 108 Å². The highest BCUT2D eigenvalue weighted by atomic mass is 79.9. The van der Waals surface area contributed by atoms with Crippen LogP contribution < -0.4 is 0 Å². The minimum absolute atomic E-state index is 0.0561. The molecular formula is C10H6Br2N2O2. The zero-order chi connectivity index (χ0) is 11.9. The minimum atomic E-state index is -0.401. The third kappa shape index (κ3) is 1.82. The Kier molecular flexibility index (Phi) is 2.94. The molecule has 82 valence electrons. The van der Waals surface area contributed by atoms with Gasteiger partial charge in [-0.25, -0.2) is 4.98 Å². The highest BCUT2D eigenvalue weighted by Gasteiger charge is 2.19. The Morgan fingerprint density at radius 3 is 2.69 bits per heavy atom. The smallest absolute Gasteiger partial charge is 0.258 e. The number of hydrogen-bond acceptors (Lipinski definition) is 3. The lowest BCUT2D eigenvalue weighted by Crippen LogP contribution is -1.94. The summed E-state index contributed by atoms with van der Waals surface area (Å²) in [6.45, 7) is 1.87. The highest BCUT2D eigenvalue weighted by molar-refractivity contribution is 9.10. The van der Waals surface area contributed by atoms with Crippen LogP contribution in [0.15, 0.2) is 27.3 Å². The first-order valence-electron chi connectivity index (χ1n) is 4.40.